The summed E-state index contributed by atoms with van der Waals surface area (Å²) in [6.45, 7) is 10.5. The standard InChI is InChI=1S/C16H19N3O2/c1-5-10-19-14(13(15(20)21)17-18-19)11-6-8-12(9-7-11)16(2,3)4/h5-9H,1,10H2,2-4H3,(H,20,21). The van der Waals surface area contributed by atoms with E-state index in [0.717, 1.165) is 5.56 Å². The highest BCUT2D eigenvalue weighted by atomic mass is 16.4. The van der Waals surface area contributed by atoms with E-state index in [2.05, 4.69) is 37.7 Å². The molecule has 2 rings (SSSR count). The molecule has 2 aromatic rings. The summed E-state index contributed by atoms with van der Waals surface area (Å²) in [5.41, 5.74) is 2.48. The van der Waals surface area contributed by atoms with E-state index in [-0.39, 0.29) is 11.1 Å². The van der Waals surface area contributed by atoms with Crippen LogP contribution in [0.2, 0.25) is 0 Å². The average Bonchev–Trinajstić information content (AvgIpc) is 2.82. The van der Waals surface area contributed by atoms with Crippen molar-refractivity contribution in [3.63, 3.8) is 0 Å². The van der Waals surface area contributed by atoms with E-state index >= 15 is 0 Å². The second-order valence-corrected chi connectivity index (χ2v) is 5.89. The molecule has 0 spiro atoms. The number of allylic oxidation sites excluding steroid dienone is 1. The molecule has 110 valence electrons. The fourth-order valence-corrected chi connectivity index (χ4v) is 2.12. The zero-order chi connectivity index (χ0) is 15.6. The van der Waals surface area contributed by atoms with E-state index in [4.69, 9.17) is 0 Å². The van der Waals surface area contributed by atoms with Crippen LogP contribution >= 0.6 is 0 Å². The molecular formula is C16H19N3O2. The summed E-state index contributed by atoms with van der Waals surface area (Å²) in [7, 11) is 0. The number of carboxylic acid groups (broad SMARTS) is 1. The van der Waals surface area contributed by atoms with Gasteiger partial charge in [0.25, 0.3) is 0 Å². The number of carboxylic acids is 1. The first-order valence-electron chi connectivity index (χ1n) is 6.73. The first kappa shape index (κ1) is 15.0. The van der Waals surface area contributed by atoms with Crippen LogP contribution in [-0.2, 0) is 12.0 Å². The molecule has 0 aliphatic rings. The van der Waals surface area contributed by atoms with Crippen LogP contribution < -0.4 is 0 Å². The van der Waals surface area contributed by atoms with Gasteiger partial charge in [-0.3, -0.25) is 0 Å². The van der Waals surface area contributed by atoms with Crippen molar-refractivity contribution in [2.24, 2.45) is 0 Å². The van der Waals surface area contributed by atoms with Crippen LogP contribution in [0.4, 0.5) is 0 Å². The lowest BCUT2D eigenvalue weighted by Crippen LogP contribution is -2.11. The summed E-state index contributed by atoms with van der Waals surface area (Å²) >= 11 is 0. The first-order chi connectivity index (χ1) is 9.84. The van der Waals surface area contributed by atoms with Crippen LogP contribution in [0.5, 0.6) is 0 Å². The van der Waals surface area contributed by atoms with E-state index in [1.54, 1.807) is 10.8 Å². The Morgan fingerprint density at radius 2 is 1.95 bits per heavy atom. The zero-order valence-electron chi connectivity index (χ0n) is 12.5. The van der Waals surface area contributed by atoms with Gasteiger partial charge in [-0.15, -0.1) is 11.7 Å². The Morgan fingerprint density at radius 1 is 1.33 bits per heavy atom. The Kier molecular flexibility index (Phi) is 3.93. The van der Waals surface area contributed by atoms with E-state index in [1.165, 1.54) is 5.56 Å². The molecule has 0 radical (unpaired) electrons. The molecule has 1 aromatic carbocycles. The molecular weight excluding hydrogens is 266 g/mol. The Bertz CT molecular complexity index is 664. The number of benzene rings is 1. The smallest absolute Gasteiger partial charge is 0.358 e. The van der Waals surface area contributed by atoms with Gasteiger partial charge in [0.2, 0.25) is 0 Å². The summed E-state index contributed by atoms with van der Waals surface area (Å²) in [5, 5.41) is 16.9. The lowest BCUT2D eigenvalue weighted by Gasteiger charge is -2.19. The maximum Gasteiger partial charge on any atom is 0.358 e. The lowest BCUT2D eigenvalue weighted by molar-refractivity contribution is 0.0691. The molecule has 5 nitrogen and oxygen atoms in total. The van der Waals surface area contributed by atoms with Gasteiger partial charge in [-0.25, -0.2) is 9.48 Å². The Hall–Kier alpha value is -2.43. The van der Waals surface area contributed by atoms with Gasteiger partial charge in [0.15, 0.2) is 5.69 Å². The fourth-order valence-electron chi connectivity index (χ4n) is 2.12. The molecule has 0 unspecified atom stereocenters. The minimum Gasteiger partial charge on any atom is -0.476 e. The summed E-state index contributed by atoms with van der Waals surface area (Å²) < 4.78 is 1.54. The predicted octanol–water partition coefficient (Wildman–Crippen LogP) is 3.13. The maximum absolute atomic E-state index is 11.3. The largest absolute Gasteiger partial charge is 0.476 e. The fraction of sp³-hybridized carbons (Fsp3) is 0.312. The van der Waals surface area contributed by atoms with Crippen molar-refractivity contribution in [1.82, 2.24) is 15.0 Å². The van der Waals surface area contributed by atoms with Crippen LogP contribution in [0.1, 0.15) is 36.8 Å². The number of carbonyl (C=O) groups is 1. The molecule has 1 N–H and O–H groups in total. The quantitative estimate of drug-likeness (QED) is 0.876. The Morgan fingerprint density at radius 3 is 2.43 bits per heavy atom. The van der Waals surface area contributed by atoms with Gasteiger partial charge in [-0.2, -0.15) is 0 Å². The number of aromatic nitrogens is 3. The molecule has 0 atom stereocenters. The molecule has 1 heterocycles. The maximum atomic E-state index is 11.3. The van der Waals surface area contributed by atoms with Crippen molar-refractivity contribution in [1.29, 1.82) is 0 Å². The van der Waals surface area contributed by atoms with Gasteiger partial charge in [0.05, 0.1) is 6.54 Å². The van der Waals surface area contributed by atoms with E-state index in [1.807, 2.05) is 24.3 Å². The molecule has 21 heavy (non-hydrogen) atoms. The van der Waals surface area contributed by atoms with Crippen molar-refractivity contribution in [2.45, 2.75) is 32.7 Å². The van der Waals surface area contributed by atoms with Gasteiger partial charge in [-0.1, -0.05) is 56.3 Å². The molecule has 0 saturated carbocycles. The molecule has 0 amide bonds. The van der Waals surface area contributed by atoms with E-state index in [0.29, 0.717) is 12.2 Å². The third kappa shape index (κ3) is 3.02. The van der Waals surface area contributed by atoms with Crippen LogP contribution in [0.3, 0.4) is 0 Å². The highest BCUT2D eigenvalue weighted by Gasteiger charge is 2.21. The van der Waals surface area contributed by atoms with E-state index < -0.39 is 5.97 Å². The van der Waals surface area contributed by atoms with Crippen LogP contribution in [0.25, 0.3) is 11.3 Å². The van der Waals surface area contributed by atoms with Crippen molar-refractivity contribution in [2.75, 3.05) is 0 Å². The second kappa shape index (κ2) is 5.52. The summed E-state index contributed by atoms with van der Waals surface area (Å²) in [4.78, 5) is 11.3. The normalized spacial score (nSPS) is 11.4. The van der Waals surface area contributed by atoms with Crippen molar-refractivity contribution >= 4 is 5.97 Å². The van der Waals surface area contributed by atoms with Gasteiger partial charge < -0.3 is 5.11 Å². The third-order valence-corrected chi connectivity index (χ3v) is 3.26. The molecule has 5 heteroatoms. The summed E-state index contributed by atoms with van der Waals surface area (Å²) in [6, 6.07) is 7.83. The highest BCUT2D eigenvalue weighted by molar-refractivity contribution is 5.92. The number of aromatic carboxylic acids is 1. The van der Waals surface area contributed by atoms with Gasteiger partial charge in [-0.05, 0) is 11.0 Å². The SMILES string of the molecule is C=CCn1nnc(C(=O)O)c1-c1ccc(C(C)(C)C)cc1. The van der Waals surface area contributed by atoms with E-state index in [9.17, 15) is 9.90 Å². The van der Waals surface area contributed by atoms with Crippen molar-refractivity contribution in [3.05, 3.63) is 48.2 Å². The zero-order valence-corrected chi connectivity index (χ0v) is 12.5. The lowest BCUT2D eigenvalue weighted by atomic mass is 9.86. The molecule has 0 saturated heterocycles. The molecule has 0 bridgehead atoms. The first-order valence-corrected chi connectivity index (χ1v) is 6.73. The van der Waals surface area contributed by atoms with Gasteiger partial charge in [0.1, 0.15) is 5.69 Å². The number of nitrogens with zero attached hydrogens (tertiary/aromatic N) is 3. The minimum atomic E-state index is -1.08. The van der Waals surface area contributed by atoms with Crippen LogP contribution in [0, 0.1) is 0 Å². The monoisotopic (exact) mass is 285 g/mol. The average molecular weight is 285 g/mol. The van der Waals surface area contributed by atoms with Crippen LogP contribution in [0.15, 0.2) is 36.9 Å². The third-order valence-electron chi connectivity index (χ3n) is 3.26. The molecule has 0 aliphatic carbocycles. The van der Waals surface area contributed by atoms with Gasteiger partial charge >= 0.3 is 5.97 Å². The Balaban J connectivity index is 2.52. The summed E-state index contributed by atoms with van der Waals surface area (Å²) in [5.74, 6) is -1.08. The van der Waals surface area contributed by atoms with Crippen molar-refractivity contribution in [3.8, 4) is 11.3 Å². The minimum absolute atomic E-state index is 0.0413. The van der Waals surface area contributed by atoms with Crippen LogP contribution in [-0.4, -0.2) is 26.1 Å². The molecule has 1 aromatic heterocycles. The second-order valence-electron chi connectivity index (χ2n) is 5.89. The molecule has 0 fully saturated rings. The Labute approximate surface area is 123 Å². The van der Waals surface area contributed by atoms with Crippen molar-refractivity contribution < 1.29 is 9.90 Å². The number of hydrogen-bond donors (Lipinski definition) is 1. The molecule has 0 aliphatic heterocycles. The van der Waals surface area contributed by atoms with Gasteiger partial charge in [0, 0.05) is 5.56 Å². The number of hydrogen-bond acceptors (Lipinski definition) is 3. The topological polar surface area (TPSA) is 68.0 Å². The summed E-state index contributed by atoms with van der Waals surface area (Å²) in [6.07, 6.45) is 1.66. The number of rotatable bonds is 4. The highest BCUT2D eigenvalue weighted by Crippen LogP contribution is 2.27. The predicted molar refractivity (Wildman–Crippen MR) is 81.3 cm³/mol.